The molecule has 0 saturated heterocycles. The smallest absolute Gasteiger partial charge is 0.252 e. The molecule has 0 aliphatic carbocycles. The first-order chi connectivity index (χ1) is 8.56. The zero-order valence-electron chi connectivity index (χ0n) is 9.61. The molecule has 2 nitrogen and oxygen atoms in total. The van der Waals surface area contributed by atoms with Crippen LogP contribution >= 0.6 is 33.9 Å². The number of hydrogen-bond acceptors (Lipinski definition) is 2. The van der Waals surface area contributed by atoms with Gasteiger partial charge in [0.25, 0.3) is 5.91 Å². The average molecular weight is 375 g/mol. The topological polar surface area (TPSA) is 29.1 Å². The monoisotopic (exact) mass is 375 g/mol. The molecule has 2 aromatic rings. The van der Waals surface area contributed by atoms with Crippen LogP contribution in [-0.2, 0) is 0 Å². The zero-order chi connectivity index (χ0) is 13.1. The number of carbonyl (C=O) groups is 1. The van der Waals surface area contributed by atoms with Gasteiger partial charge in [-0.1, -0.05) is 12.1 Å². The first-order valence-electron chi connectivity index (χ1n) is 5.36. The predicted molar refractivity (Wildman–Crippen MR) is 79.3 cm³/mol. The zero-order valence-corrected chi connectivity index (χ0v) is 12.6. The highest BCUT2D eigenvalue weighted by molar-refractivity contribution is 14.1. The fourth-order valence-electron chi connectivity index (χ4n) is 1.54. The van der Waals surface area contributed by atoms with Crippen LogP contribution < -0.4 is 5.32 Å². The maximum Gasteiger partial charge on any atom is 0.252 e. The van der Waals surface area contributed by atoms with Crippen LogP contribution in [-0.4, -0.2) is 5.91 Å². The van der Waals surface area contributed by atoms with Crippen molar-refractivity contribution in [3.05, 3.63) is 55.5 Å². The van der Waals surface area contributed by atoms with Crippen LogP contribution in [0.5, 0.6) is 0 Å². The lowest BCUT2D eigenvalue weighted by Crippen LogP contribution is -2.26. The highest BCUT2D eigenvalue weighted by Gasteiger charge is 2.12. The van der Waals surface area contributed by atoms with E-state index in [2.05, 4.69) is 27.9 Å². The highest BCUT2D eigenvalue weighted by atomic mass is 127. The molecular weight excluding hydrogens is 364 g/mol. The molecule has 0 radical (unpaired) electrons. The Morgan fingerprint density at radius 3 is 2.61 bits per heavy atom. The normalized spacial score (nSPS) is 12.2. The molecule has 0 spiro atoms. The van der Waals surface area contributed by atoms with Gasteiger partial charge in [-0.15, -0.1) is 11.3 Å². The van der Waals surface area contributed by atoms with E-state index >= 15 is 0 Å². The van der Waals surface area contributed by atoms with Crippen LogP contribution in [0.25, 0.3) is 0 Å². The SMILES string of the molecule is CC(NC(=O)c1csc(I)c1)c1ccc(F)cc1. The predicted octanol–water partition coefficient (Wildman–Crippen LogP) is 3.98. The molecule has 1 heterocycles. The van der Waals surface area contributed by atoms with E-state index in [1.54, 1.807) is 12.1 Å². The molecular formula is C13H11FINOS. The largest absolute Gasteiger partial charge is 0.345 e. The van der Waals surface area contributed by atoms with E-state index in [-0.39, 0.29) is 17.8 Å². The van der Waals surface area contributed by atoms with Gasteiger partial charge in [-0.05, 0) is 53.3 Å². The third-order valence-electron chi connectivity index (χ3n) is 2.55. The van der Waals surface area contributed by atoms with Crippen molar-refractivity contribution in [2.75, 3.05) is 0 Å². The van der Waals surface area contributed by atoms with Crippen LogP contribution in [0.1, 0.15) is 28.9 Å². The molecule has 1 N–H and O–H groups in total. The first kappa shape index (κ1) is 13.5. The van der Waals surface area contributed by atoms with E-state index in [0.29, 0.717) is 5.56 Å². The fraction of sp³-hybridized carbons (Fsp3) is 0.154. The van der Waals surface area contributed by atoms with Crippen molar-refractivity contribution in [3.63, 3.8) is 0 Å². The molecule has 0 fully saturated rings. The lowest BCUT2D eigenvalue weighted by molar-refractivity contribution is 0.0940. The Morgan fingerprint density at radius 2 is 2.06 bits per heavy atom. The van der Waals surface area contributed by atoms with Gasteiger partial charge < -0.3 is 5.32 Å². The Morgan fingerprint density at radius 1 is 1.39 bits per heavy atom. The standard InChI is InChI=1S/C13H11FINOS/c1-8(9-2-4-11(14)5-3-9)16-13(17)10-6-12(15)18-7-10/h2-8H,1H3,(H,16,17). The molecule has 0 aliphatic heterocycles. The Kier molecular flexibility index (Phi) is 4.34. The average Bonchev–Trinajstić information content (AvgIpc) is 2.76. The van der Waals surface area contributed by atoms with Crippen molar-refractivity contribution in [3.8, 4) is 0 Å². The lowest BCUT2D eigenvalue weighted by atomic mass is 10.1. The molecule has 2 rings (SSSR count). The number of nitrogens with one attached hydrogen (secondary N) is 1. The van der Waals surface area contributed by atoms with Gasteiger partial charge >= 0.3 is 0 Å². The summed E-state index contributed by atoms with van der Waals surface area (Å²) in [6.45, 7) is 1.88. The second-order valence-electron chi connectivity index (χ2n) is 3.89. The molecule has 1 atom stereocenters. The fourth-order valence-corrected chi connectivity index (χ4v) is 2.87. The van der Waals surface area contributed by atoms with Crippen molar-refractivity contribution in [2.24, 2.45) is 0 Å². The summed E-state index contributed by atoms with van der Waals surface area (Å²) < 4.78 is 13.9. The van der Waals surface area contributed by atoms with Crippen LogP contribution in [0.3, 0.4) is 0 Å². The third-order valence-corrected chi connectivity index (χ3v) is 4.34. The van der Waals surface area contributed by atoms with Crippen LogP contribution in [0, 0.1) is 8.70 Å². The van der Waals surface area contributed by atoms with Crippen LogP contribution in [0.2, 0.25) is 0 Å². The van der Waals surface area contributed by atoms with Gasteiger partial charge in [-0.2, -0.15) is 0 Å². The Bertz CT molecular complexity index is 552. The number of hydrogen-bond donors (Lipinski definition) is 1. The second kappa shape index (κ2) is 5.79. The molecule has 0 saturated carbocycles. The molecule has 18 heavy (non-hydrogen) atoms. The van der Waals surface area contributed by atoms with Gasteiger partial charge in [-0.25, -0.2) is 4.39 Å². The molecule has 1 aromatic carbocycles. The van der Waals surface area contributed by atoms with Crippen molar-refractivity contribution in [1.82, 2.24) is 5.32 Å². The van der Waals surface area contributed by atoms with E-state index < -0.39 is 0 Å². The van der Waals surface area contributed by atoms with Gasteiger partial charge in [0.1, 0.15) is 5.82 Å². The maximum atomic E-state index is 12.8. The van der Waals surface area contributed by atoms with Crippen LogP contribution in [0.15, 0.2) is 35.7 Å². The summed E-state index contributed by atoms with van der Waals surface area (Å²) in [5.74, 6) is -0.379. The minimum Gasteiger partial charge on any atom is -0.345 e. The lowest BCUT2D eigenvalue weighted by Gasteiger charge is -2.13. The highest BCUT2D eigenvalue weighted by Crippen LogP contribution is 2.18. The van der Waals surface area contributed by atoms with E-state index in [0.717, 1.165) is 8.45 Å². The second-order valence-corrected chi connectivity index (χ2v) is 6.69. The van der Waals surface area contributed by atoms with E-state index in [1.165, 1.54) is 23.5 Å². The number of rotatable bonds is 3. The summed E-state index contributed by atoms with van der Waals surface area (Å²) in [6.07, 6.45) is 0. The van der Waals surface area contributed by atoms with Crippen molar-refractivity contribution in [2.45, 2.75) is 13.0 Å². The molecule has 1 aromatic heterocycles. The maximum absolute atomic E-state index is 12.8. The quantitative estimate of drug-likeness (QED) is 0.808. The Labute approximate surface area is 122 Å². The molecule has 1 amide bonds. The minimum absolute atomic E-state index is 0.106. The Hall–Kier alpha value is -0.950. The number of thiophene rings is 1. The first-order valence-corrected chi connectivity index (χ1v) is 7.32. The molecule has 0 aliphatic rings. The van der Waals surface area contributed by atoms with Crippen molar-refractivity contribution < 1.29 is 9.18 Å². The number of carbonyl (C=O) groups excluding carboxylic acids is 1. The summed E-state index contributed by atoms with van der Waals surface area (Å²) in [7, 11) is 0. The minimum atomic E-state index is -0.273. The van der Waals surface area contributed by atoms with Gasteiger partial charge in [-0.3, -0.25) is 4.79 Å². The molecule has 1 unspecified atom stereocenters. The third kappa shape index (κ3) is 3.29. The van der Waals surface area contributed by atoms with E-state index in [9.17, 15) is 9.18 Å². The number of amides is 1. The summed E-state index contributed by atoms with van der Waals surface area (Å²) in [4.78, 5) is 11.9. The molecule has 0 bridgehead atoms. The number of benzene rings is 1. The van der Waals surface area contributed by atoms with Crippen LogP contribution in [0.4, 0.5) is 4.39 Å². The summed E-state index contributed by atoms with van der Waals surface area (Å²) in [5, 5.41) is 4.72. The Balaban J connectivity index is 2.05. The number of halogens is 2. The van der Waals surface area contributed by atoms with E-state index in [1.807, 2.05) is 18.4 Å². The van der Waals surface area contributed by atoms with Gasteiger partial charge in [0.2, 0.25) is 0 Å². The van der Waals surface area contributed by atoms with Gasteiger partial charge in [0, 0.05) is 5.38 Å². The molecule has 94 valence electrons. The summed E-state index contributed by atoms with van der Waals surface area (Å²) in [6, 6.07) is 7.85. The van der Waals surface area contributed by atoms with Gasteiger partial charge in [0.15, 0.2) is 0 Å². The van der Waals surface area contributed by atoms with Crippen molar-refractivity contribution >= 4 is 39.8 Å². The van der Waals surface area contributed by atoms with E-state index in [4.69, 9.17) is 0 Å². The van der Waals surface area contributed by atoms with Crippen molar-refractivity contribution in [1.29, 1.82) is 0 Å². The summed E-state index contributed by atoms with van der Waals surface area (Å²) in [5.41, 5.74) is 1.55. The van der Waals surface area contributed by atoms with Gasteiger partial charge in [0.05, 0.1) is 14.5 Å². The molecule has 5 heteroatoms. The summed E-state index contributed by atoms with van der Waals surface area (Å²) >= 11 is 3.71.